The maximum absolute atomic E-state index is 12.3. The van der Waals surface area contributed by atoms with E-state index in [1.54, 1.807) is 0 Å². The van der Waals surface area contributed by atoms with Crippen LogP contribution in [0.4, 0.5) is 0 Å². The number of morpholine rings is 1. The van der Waals surface area contributed by atoms with Gasteiger partial charge in [-0.05, 0) is 45.2 Å². The fraction of sp³-hybridized carbons (Fsp3) is 0.929. The van der Waals surface area contributed by atoms with Crippen LogP contribution in [0.1, 0.15) is 32.6 Å². The number of carbonyl (C=O) groups is 1. The van der Waals surface area contributed by atoms with Crippen LogP contribution in [0.2, 0.25) is 0 Å². The van der Waals surface area contributed by atoms with Crippen LogP contribution in [-0.2, 0) is 9.53 Å². The Labute approximate surface area is 115 Å². The van der Waals surface area contributed by atoms with Gasteiger partial charge in [0.05, 0.1) is 25.4 Å². The van der Waals surface area contributed by atoms with E-state index in [0.717, 1.165) is 19.5 Å². The molecule has 0 aromatic carbocycles. The molecule has 0 bridgehead atoms. The topological polar surface area (TPSA) is 61.8 Å². The highest BCUT2D eigenvalue weighted by Gasteiger charge is 2.29. The molecule has 5 nitrogen and oxygen atoms in total. The molecular weight excluding hydrogens is 244 g/mol. The number of hydrogen-bond acceptors (Lipinski definition) is 4. The number of ether oxygens (including phenoxy) is 1. The molecule has 2 aliphatic rings. The fourth-order valence-electron chi connectivity index (χ4n) is 2.92. The Morgan fingerprint density at radius 3 is 2.84 bits per heavy atom. The van der Waals surface area contributed by atoms with Crippen molar-refractivity contribution >= 4 is 5.91 Å². The van der Waals surface area contributed by atoms with Crippen LogP contribution in [0.5, 0.6) is 0 Å². The highest BCUT2D eigenvalue weighted by atomic mass is 16.5. The Morgan fingerprint density at radius 2 is 2.16 bits per heavy atom. The Hall–Kier alpha value is -0.650. The van der Waals surface area contributed by atoms with Crippen molar-refractivity contribution in [3.63, 3.8) is 0 Å². The van der Waals surface area contributed by atoms with E-state index in [0.29, 0.717) is 25.5 Å². The quantitative estimate of drug-likeness (QED) is 0.775. The van der Waals surface area contributed by atoms with Crippen LogP contribution in [0, 0.1) is 5.92 Å². The Balaban J connectivity index is 1.77. The Bertz CT molecular complexity index is 292. The predicted octanol–water partition coefficient (Wildman–Crippen LogP) is 0.374. The van der Waals surface area contributed by atoms with Gasteiger partial charge in [0.2, 0.25) is 5.91 Å². The molecule has 2 heterocycles. The van der Waals surface area contributed by atoms with Crippen molar-refractivity contribution in [2.75, 3.05) is 32.8 Å². The molecule has 2 atom stereocenters. The largest absolute Gasteiger partial charge is 0.394 e. The molecule has 2 saturated heterocycles. The minimum Gasteiger partial charge on any atom is -0.394 e. The standard InChI is InChI=1S/C14H26N2O3/c1-11-10-19-13(9-17)8-16(11)14(18)3-2-12-4-6-15-7-5-12/h11-13,15,17H,2-10H2,1H3. The van der Waals surface area contributed by atoms with Gasteiger partial charge in [-0.15, -0.1) is 0 Å². The molecule has 2 rings (SSSR count). The number of aliphatic hydroxyl groups excluding tert-OH is 1. The number of amides is 1. The third kappa shape index (κ3) is 4.16. The number of nitrogens with zero attached hydrogens (tertiary/aromatic N) is 1. The third-order valence-corrected chi connectivity index (χ3v) is 4.25. The first-order valence-corrected chi connectivity index (χ1v) is 7.43. The minimum atomic E-state index is -0.209. The van der Waals surface area contributed by atoms with Crippen molar-refractivity contribution in [2.45, 2.75) is 44.8 Å². The highest BCUT2D eigenvalue weighted by Crippen LogP contribution is 2.20. The third-order valence-electron chi connectivity index (χ3n) is 4.25. The van der Waals surface area contributed by atoms with Crippen LogP contribution in [0.25, 0.3) is 0 Å². The SMILES string of the molecule is CC1COC(CO)CN1C(=O)CCC1CCNCC1. The van der Waals surface area contributed by atoms with E-state index in [-0.39, 0.29) is 24.7 Å². The lowest BCUT2D eigenvalue weighted by Gasteiger charge is -2.37. The van der Waals surface area contributed by atoms with Gasteiger partial charge >= 0.3 is 0 Å². The summed E-state index contributed by atoms with van der Waals surface area (Å²) in [5.41, 5.74) is 0. The van der Waals surface area contributed by atoms with Gasteiger partial charge in [-0.2, -0.15) is 0 Å². The fourth-order valence-corrected chi connectivity index (χ4v) is 2.92. The lowest BCUT2D eigenvalue weighted by molar-refractivity contribution is -0.146. The van der Waals surface area contributed by atoms with Gasteiger partial charge in [-0.3, -0.25) is 4.79 Å². The zero-order valence-corrected chi connectivity index (χ0v) is 11.8. The zero-order chi connectivity index (χ0) is 13.7. The van der Waals surface area contributed by atoms with Crippen molar-refractivity contribution in [2.24, 2.45) is 5.92 Å². The molecule has 2 fully saturated rings. The second-order valence-electron chi connectivity index (χ2n) is 5.77. The first kappa shape index (κ1) is 14.8. The smallest absolute Gasteiger partial charge is 0.222 e. The molecule has 2 aliphatic heterocycles. The summed E-state index contributed by atoms with van der Waals surface area (Å²) in [6.07, 6.45) is 3.79. The molecule has 110 valence electrons. The number of nitrogens with one attached hydrogen (secondary N) is 1. The van der Waals surface area contributed by atoms with Crippen LogP contribution in [0.3, 0.4) is 0 Å². The molecule has 2 N–H and O–H groups in total. The summed E-state index contributed by atoms with van der Waals surface area (Å²) >= 11 is 0. The van der Waals surface area contributed by atoms with E-state index in [4.69, 9.17) is 9.84 Å². The first-order chi connectivity index (χ1) is 9.20. The molecule has 0 aliphatic carbocycles. The summed E-state index contributed by atoms with van der Waals surface area (Å²) in [4.78, 5) is 14.2. The van der Waals surface area contributed by atoms with Crippen molar-refractivity contribution in [1.29, 1.82) is 0 Å². The molecule has 0 saturated carbocycles. The molecule has 19 heavy (non-hydrogen) atoms. The van der Waals surface area contributed by atoms with Gasteiger partial charge in [-0.25, -0.2) is 0 Å². The van der Waals surface area contributed by atoms with E-state index in [1.165, 1.54) is 12.8 Å². The van der Waals surface area contributed by atoms with Crippen molar-refractivity contribution < 1.29 is 14.6 Å². The summed E-state index contributed by atoms with van der Waals surface area (Å²) in [6.45, 7) is 5.23. The molecule has 0 aromatic rings. The van der Waals surface area contributed by atoms with Crippen molar-refractivity contribution in [3.05, 3.63) is 0 Å². The number of hydrogen-bond donors (Lipinski definition) is 2. The summed E-state index contributed by atoms with van der Waals surface area (Å²) in [5, 5.41) is 12.5. The van der Waals surface area contributed by atoms with Gasteiger partial charge in [0.25, 0.3) is 0 Å². The molecular formula is C14H26N2O3. The number of rotatable bonds is 4. The van der Waals surface area contributed by atoms with Gasteiger partial charge in [0, 0.05) is 13.0 Å². The zero-order valence-electron chi connectivity index (χ0n) is 11.8. The van der Waals surface area contributed by atoms with Gasteiger partial charge < -0.3 is 20.1 Å². The minimum absolute atomic E-state index is 0.00913. The van der Waals surface area contributed by atoms with Crippen molar-refractivity contribution in [1.82, 2.24) is 10.2 Å². The Morgan fingerprint density at radius 1 is 1.42 bits per heavy atom. The molecule has 5 heteroatoms. The lowest BCUT2D eigenvalue weighted by atomic mass is 9.93. The predicted molar refractivity (Wildman–Crippen MR) is 72.8 cm³/mol. The van der Waals surface area contributed by atoms with Crippen LogP contribution < -0.4 is 5.32 Å². The van der Waals surface area contributed by atoms with Gasteiger partial charge in [-0.1, -0.05) is 0 Å². The summed E-state index contributed by atoms with van der Waals surface area (Å²) in [5.74, 6) is 0.906. The summed E-state index contributed by atoms with van der Waals surface area (Å²) < 4.78 is 5.46. The number of piperidine rings is 1. The van der Waals surface area contributed by atoms with E-state index in [1.807, 2.05) is 11.8 Å². The number of aliphatic hydroxyl groups is 1. The van der Waals surface area contributed by atoms with Gasteiger partial charge in [0.15, 0.2) is 0 Å². The molecule has 1 amide bonds. The second-order valence-corrected chi connectivity index (χ2v) is 5.77. The maximum atomic E-state index is 12.3. The average Bonchev–Trinajstić information content (AvgIpc) is 2.46. The van der Waals surface area contributed by atoms with E-state index >= 15 is 0 Å². The van der Waals surface area contributed by atoms with Crippen LogP contribution >= 0.6 is 0 Å². The van der Waals surface area contributed by atoms with Crippen LogP contribution in [0.15, 0.2) is 0 Å². The maximum Gasteiger partial charge on any atom is 0.222 e. The lowest BCUT2D eigenvalue weighted by Crippen LogP contribution is -2.52. The van der Waals surface area contributed by atoms with E-state index in [2.05, 4.69) is 5.32 Å². The molecule has 0 radical (unpaired) electrons. The molecule has 0 spiro atoms. The first-order valence-electron chi connectivity index (χ1n) is 7.43. The molecule has 0 aromatic heterocycles. The highest BCUT2D eigenvalue weighted by molar-refractivity contribution is 5.76. The summed E-state index contributed by atoms with van der Waals surface area (Å²) in [6, 6.07) is 0.128. The van der Waals surface area contributed by atoms with Gasteiger partial charge in [0.1, 0.15) is 0 Å². The van der Waals surface area contributed by atoms with E-state index < -0.39 is 0 Å². The average molecular weight is 270 g/mol. The Kier molecular flexibility index (Phi) is 5.60. The summed E-state index contributed by atoms with van der Waals surface area (Å²) in [7, 11) is 0. The van der Waals surface area contributed by atoms with E-state index in [9.17, 15) is 4.79 Å². The number of carbonyl (C=O) groups excluding carboxylic acids is 1. The monoisotopic (exact) mass is 270 g/mol. The van der Waals surface area contributed by atoms with Crippen LogP contribution in [-0.4, -0.2) is 60.9 Å². The molecule has 2 unspecified atom stereocenters. The second kappa shape index (κ2) is 7.22. The normalized spacial score (nSPS) is 29.5. The van der Waals surface area contributed by atoms with Crippen molar-refractivity contribution in [3.8, 4) is 0 Å².